The summed E-state index contributed by atoms with van der Waals surface area (Å²) in [6.07, 6.45) is 4.15. The monoisotopic (exact) mass is 363 g/mol. The number of carbonyl (C=O) groups excluding carboxylic acids is 1. The van der Waals surface area contributed by atoms with Crippen LogP contribution in [0.2, 0.25) is 0 Å². The zero-order chi connectivity index (χ0) is 19.0. The third-order valence-corrected chi connectivity index (χ3v) is 4.85. The number of aromatic amines is 1. The molecule has 1 unspecified atom stereocenters. The highest BCUT2D eigenvalue weighted by molar-refractivity contribution is 5.96. The highest BCUT2D eigenvalue weighted by Gasteiger charge is 2.33. The molecule has 1 aliphatic heterocycles. The summed E-state index contributed by atoms with van der Waals surface area (Å²) in [5.74, 6) is 1.22. The van der Waals surface area contributed by atoms with Gasteiger partial charge in [0.15, 0.2) is 5.82 Å². The maximum Gasteiger partial charge on any atom is 0.226 e. The average molecular weight is 363 g/mol. The van der Waals surface area contributed by atoms with Crippen LogP contribution in [0.3, 0.4) is 0 Å². The van der Waals surface area contributed by atoms with E-state index in [2.05, 4.69) is 27.2 Å². The Balaban J connectivity index is 1.81. The number of hydrogen-bond acceptors (Lipinski definition) is 4. The number of amides is 1. The van der Waals surface area contributed by atoms with Crippen molar-refractivity contribution in [1.29, 1.82) is 0 Å². The molecule has 0 bridgehead atoms. The van der Waals surface area contributed by atoms with Gasteiger partial charge in [-0.2, -0.15) is 10.2 Å². The molecule has 3 heterocycles. The van der Waals surface area contributed by atoms with Gasteiger partial charge in [0.2, 0.25) is 5.91 Å². The van der Waals surface area contributed by atoms with Crippen LogP contribution >= 0.6 is 0 Å². The van der Waals surface area contributed by atoms with E-state index in [1.54, 1.807) is 13.2 Å². The molecule has 7 heteroatoms. The van der Waals surface area contributed by atoms with Crippen LogP contribution in [0.5, 0.6) is 5.75 Å². The largest absolute Gasteiger partial charge is 0.497 e. The number of nitrogens with zero attached hydrogens (tertiary/aromatic N) is 3. The Hall–Kier alpha value is -3.35. The van der Waals surface area contributed by atoms with Gasteiger partial charge in [0.05, 0.1) is 25.0 Å². The highest BCUT2D eigenvalue weighted by Crippen LogP contribution is 2.42. The molecule has 27 heavy (non-hydrogen) atoms. The number of aryl methyl sites for hydroxylation is 1. The van der Waals surface area contributed by atoms with Gasteiger partial charge >= 0.3 is 0 Å². The maximum atomic E-state index is 12.3. The molecule has 1 amide bonds. The molecule has 1 aliphatic rings. The summed E-state index contributed by atoms with van der Waals surface area (Å²) in [6.45, 7) is 6.36. The molecular formula is C20H21N5O2. The fraction of sp³-hybridized carbons (Fsp3) is 0.250. The topological polar surface area (TPSA) is 84.8 Å². The van der Waals surface area contributed by atoms with Gasteiger partial charge < -0.3 is 10.1 Å². The van der Waals surface area contributed by atoms with Crippen molar-refractivity contribution in [3.63, 3.8) is 0 Å². The normalized spacial score (nSPS) is 15.9. The zero-order valence-corrected chi connectivity index (χ0v) is 15.3. The van der Waals surface area contributed by atoms with Crippen LogP contribution in [0.15, 0.2) is 43.1 Å². The molecule has 0 spiro atoms. The van der Waals surface area contributed by atoms with Crippen LogP contribution in [0.4, 0.5) is 5.82 Å². The van der Waals surface area contributed by atoms with Crippen molar-refractivity contribution >= 4 is 11.7 Å². The van der Waals surface area contributed by atoms with Crippen molar-refractivity contribution in [1.82, 2.24) is 20.0 Å². The predicted octanol–water partition coefficient (Wildman–Crippen LogP) is 3.25. The Morgan fingerprint density at radius 1 is 1.37 bits per heavy atom. The number of aromatic nitrogens is 4. The van der Waals surface area contributed by atoms with Crippen LogP contribution in [0.25, 0.3) is 11.3 Å². The number of ether oxygens (including phenoxy) is 1. The van der Waals surface area contributed by atoms with Crippen molar-refractivity contribution in [3.05, 3.63) is 59.9 Å². The minimum atomic E-state index is -0.108. The highest BCUT2D eigenvalue weighted by atomic mass is 16.5. The van der Waals surface area contributed by atoms with Crippen LogP contribution in [-0.2, 0) is 11.3 Å². The summed E-state index contributed by atoms with van der Waals surface area (Å²) in [4.78, 5) is 12.3. The second-order valence-corrected chi connectivity index (χ2v) is 6.57. The molecule has 0 saturated carbocycles. The van der Waals surface area contributed by atoms with E-state index in [9.17, 15) is 4.79 Å². The summed E-state index contributed by atoms with van der Waals surface area (Å²) in [6, 6.07) is 7.78. The van der Waals surface area contributed by atoms with Crippen LogP contribution in [-0.4, -0.2) is 33.0 Å². The Bertz CT molecular complexity index is 1000. The number of methoxy groups -OCH3 is 1. The lowest BCUT2D eigenvalue weighted by atomic mass is 9.84. The van der Waals surface area contributed by atoms with Crippen molar-refractivity contribution < 1.29 is 9.53 Å². The molecular weight excluding hydrogens is 342 g/mol. The van der Waals surface area contributed by atoms with E-state index in [1.807, 2.05) is 42.1 Å². The molecule has 2 aromatic heterocycles. The number of H-pyrrole nitrogens is 1. The lowest BCUT2D eigenvalue weighted by molar-refractivity contribution is -0.116. The fourth-order valence-electron chi connectivity index (χ4n) is 3.60. The number of carbonyl (C=O) groups is 1. The first-order chi connectivity index (χ1) is 13.1. The summed E-state index contributed by atoms with van der Waals surface area (Å²) in [5.41, 5.74) is 4.81. The van der Waals surface area contributed by atoms with Gasteiger partial charge in [-0.1, -0.05) is 6.08 Å². The van der Waals surface area contributed by atoms with Gasteiger partial charge in [-0.15, -0.1) is 6.58 Å². The average Bonchev–Trinajstić information content (AvgIpc) is 3.25. The van der Waals surface area contributed by atoms with E-state index in [0.717, 1.165) is 33.8 Å². The molecule has 3 aromatic rings. The molecule has 0 aliphatic carbocycles. The first-order valence-electron chi connectivity index (χ1n) is 8.78. The Labute approximate surface area is 157 Å². The smallest absolute Gasteiger partial charge is 0.226 e. The third-order valence-electron chi connectivity index (χ3n) is 4.85. The maximum absolute atomic E-state index is 12.3. The lowest BCUT2D eigenvalue weighted by Gasteiger charge is -2.23. The molecule has 4 rings (SSSR count). The quantitative estimate of drug-likeness (QED) is 0.682. The molecule has 138 valence electrons. The second-order valence-electron chi connectivity index (χ2n) is 6.57. The van der Waals surface area contributed by atoms with E-state index < -0.39 is 0 Å². The third kappa shape index (κ3) is 3.01. The fourth-order valence-corrected chi connectivity index (χ4v) is 3.60. The summed E-state index contributed by atoms with van der Waals surface area (Å²) < 4.78 is 7.09. The standard InChI is InChI=1S/C20H21N5O2/c1-4-9-25-11-16(12(2)24-25)15-10-17(26)21-20-18(15)19(22-23-20)13-5-7-14(27-3)8-6-13/h4-8,11,15H,1,9-10H2,2-3H3,(H2,21,22,23,26). The number of anilines is 1. The minimum Gasteiger partial charge on any atom is -0.497 e. The van der Waals surface area contributed by atoms with Gasteiger partial charge in [0, 0.05) is 35.2 Å². The lowest BCUT2D eigenvalue weighted by Crippen LogP contribution is -2.23. The molecule has 0 radical (unpaired) electrons. The molecule has 2 N–H and O–H groups in total. The Morgan fingerprint density at radius 2 is 2.15 bits per heavy atom. The van der Waals surface area contributed by atoms with Gasteiger partial charge in [0.25, 0.3) is 0 Å². The van der Waals surface area contributed by atoms with E-state index in [-0.39, 0.29) is 11.8 Å². The summed E-state index contributed by atoms with van der Waals surface area (Å²) in [5, 5.41) is 14.9. The Morgan fingerprint density at radius 3 is 2.85 bits per heavy atom. The van der Waals surface area contributed by atoms with Crippen molar-refractivity contribution in [2.75, 3.05) is 12.4 Å². The van der Waals surface area contributed by atoms with Gasteiger partial charge in [0.1, 0.15) is 5.75 Å². The van der Waals surface area contributed by atoms with Crippen molar-refractivity contribution in [2.24, 2.45) is 0 Å². The number of allylic oxidation sites excluding steroid dienone is 1. The van der Waals surface area contributed by atoms with E-state index in [4.69, 9.17) is 4.74 Å². The Kier molecular flexibility index (Phi) is 4.27. The van der Waals surface area contributed by atoms with E-state index in [1.165, 1.54) is 0 Å². The second kappa shape index (κ2) is 6.75. The number of fused-ring (bicyclic) bond motifs is 1. The van der Waals surface area contributed by atoms with Crippen molar-refractivity contribution in [3.8, 4) is 17.0 Å². The van der Waals surface area contributed by atoms with Gasteiger partial charge in [-0.3, -0.25) is 14.6 Å². The molecule has 1 atom stereocenters. The van der Waals surface area contributed by atoms with Crippen LogP contribution in [0, 0.1) is 6.92 Å². The van der Waals surface area contributed by atoms with Gasteiger partial charge in [-0.05, 0) is 31.2 Å². The van der Waals surface area contributed by atoms with E-state index >= 15 is 0 Å². The number of benzene rings is 1. The van der Waals surface area contributed by atoms with E-state index in [0.29, 0.717) is 18.8 Å². The number of hydrogen-bond donors (Lipinski definition) is 2. The van der Waals surface area contributed by atoms with Crippen LogP contribution < -0.4 is 10.1 Å². The zero-order valence-electron chi connectivity index (χ0n) is 15.3. The summed E-state index contributed by atoms with van der Waals surface area (Å²) >= 11 is 0. The molecule has 7 nitrogen and oxygen atoms in total. The van der Waals surface area contributed by atoms with Gasteiger partial charge in [-0.25, -0.2) is 0 Å². The number of nitrogens with one attached hydrogen (secondary N) is 2. The summed E-state index contributed by atoms with van der Waals surface area (Å²) in [7, 11) is 1.64. The molecule has 0 fully saturated rings. The van der Waals surface area contributed by atoms with Crippen molar-refractivity contribution in [2.45, 2.75) is 25.8 Å². The van der Waals surface area contributed by atoms with Crippen LogP contribution in [0.1, 0.15) is 29.2 Å². The first kappa shape index (κ1) is 17.1. The minimum absolute atomic E-state index is 0.0452. The molecule has 0 saturated heterocycles. The predicted molar refractivity (Wildman–Crippen MR) is 103 cm³/mol. The number of rotatable bonds is 5. The first-order valence-corrected chi connectivity index (χ1v) is 8.78. The SMILES string of the molecule is C=CCn1cc(C2CC(=O)Nc3n[nH]c(-c4ccc(OC)cc4)c32)c(C)n1. The molecule has 1 aromatic carbocycles.